The predicted octanol–water partition coefficient (Wildman–Crippen LogP) is 2.67. The fourth-order valence-corrected chi connectivity index (χ4v) is 2.48. The van der Waals surface area contributed by atoms with Crippen molar-refractivity contribution in [3.8, 4) is 0 Å². The number of fused-ring (bicyclic) bond motifs is 1. The number of carbonyl (C=O) groups excluding carboxylic acids is 2. The summed E-state index contributed by atoms with van der Waals surface area (Å²) in [4.78, 5) is 24.6. The molecular formula is C16H14N2O2. The lowest BCUT2D eigenvalue weighted by Crippen LogP contribution is -2.01. The molecule has 0 radical (unpaired) electrons. The minimum absolute atomic E-state index is 0.200. The summed E-state index contributed by atoms with van der Waals surface area (Å²) < 4.78 is 1.84. The van der Waals surface area contributed by atoms with E-state index in [1.165, 1.54) is 0 Å². The number of Topliss-reactive ketones (excluding diaryl/α,β-unsaturated/α-hetero) is 2. The molecule has 100 valence electrons. The van der Waals surface area contributed by atoms with Gasteiger partial charge in [0.1, 0.15) is 0 Å². The number of hydrogen-bond donors (Lipinski definition) is 0. The van der Waals surface area contributed by atoms with Crippen LogP contribution in [0.2, 0.25) is 0 Å². The molecule has 0 bridgehead atoms. The number of benzene rings is 1. The first kappa shape index (κ1) is 12.5. The van der Waals surface area contributed by atoms with Gasteiger partial charge in [0.15, 0.2) is 11.6 Å². The summed E-state index contributed by atoms with van der Waals surface area (Å²) in [6, 6.07) is 6.93. The number of ketones is 2. The maximum Gasteiger partial charge on any atom is 0.197 e. The van der Waals surface area contributed by atoms with Crippen molar-refractivity contribution in [2.75, 3.05) is 0 Å². The second-order valence-electron chi connectivity index (χ2n) is 4.76. The van der Waals surface area contributed by atoms with E-state index >= 15 is 0 Å². The molecule has 0 aliphatic heterocycles. The number of nitrogens with zero attached hydrogens (tertiary/aromatic N) is 2. The van der Waals surface area contributed by atoms with E-state index in [-0.39, 0.29) is 17.1 Å². The summed E-state index contributed by atoms with van der Waals surface area (Å²) in [5.41, 5.74) is 2.98. The topological polar surface area (TPSA) is 52.0 Å². The summed E-state index contributed by atoms with van der Waals surface area (Å²) >= 11 is 0. The van der Waals surface area contributed by atoms with Crippen molar-refractivity contribution in [1.82, 2.24) is 9.78 Å². The standard InChI is InChI=1S/C16H14N2O2/c1-3-18-10(2)11(9-17-18)8-14-15(19)12-6-4-5-7-13(12)16(14)20/h4-9H,3H2,1-2H3. The number of hydrogen-bond acceptors (Lipinski definition) is 3. The first-order chi connectivity index (χ1) is 9.63. The third-order valence-corrected chi connectivity index (χ3v) is 3.65. The van der Waals surface area contributed by atoms with E-state index in [9.17, 15) is 9.59 Å². The number of carbonyl (C=O) groups is 2. The second-order valence-corrected chi connectivity index (χ2v) is 4.76. The van der Waals surface area contributed by atoms with Crippen LogP contribution in [0.3, 0.4) is 0 Å². The highest BCUT2D eigenvalue weighted by Crippen LogP contribution is 2.28. The smallest absolute Gasteiger partial charge is 0.197 e. The van der Waals surface area contributed by atoms with Gasteiger partial charge in [-0.3, -0.25) is 14.3 Å². The summed E-state index contributed by atoms with van der Waals surface area (Å²) in [5.74, 6) is -0.400. The SMILES string of the molecule is CCn1ncc(C=C2C(=O)c3ccccc3C2=O)c1C. The molecule has 1 aliphatic carbocycles. The van der Waals surface area contributed by atoms with Crippen LogP contribution in [-0.2, 0) is 6.54 Å². The molecule has 1 aliphatic rings. The molecular weight excluding hydrogens is 252 g/mol. The van der Waals surface area contributed by atoms with Gasteiger partial charge in [-0.05, 0) is 19.9 Å². The van der Waals surface area contributed by atoms with Crippen molar-refractivity contribution >= 4 is 17.6 Å². The quantitative estimate of drug-likeness (QED) is 0.620. The third kappa shape index (κ3) is 1.72. The van der Waals surface area contributed by atoms with Gasteiger partial charge in [0.05, 0.1) is 11.8 Å². The van der Waals surface area contributed by atoms with Gasteiger partial charge in [-0.1, -0.05) is 24.3 Å². The Morgan fingerprint density at radius 3 is 2.25 bits per heavy atom. The zero-order valence-corrected chi connectivity index (χ0v) is 11.4. The molecule has 2 aromatic rings. The fourth-order valence-electron chi connectivity index (χ4n) is 2.48. The average Bonchev–Trinajstić information content (AvgIpc) is 2.94. The van der Waals surface area contributed by atoms with Crippen LogP contribution < -0.4 is 0 Å². The van der Waals surface area contributed by atoms with Gasteiger partial charge in [-0.25, -0.2) is 0 Å². The number of aromatic nitrogens is 2. The van der Waals surface area contributed by atoms with Crippen molar-refractivity contribution in [3.05, 3.63) is 58.4 Å². The van der Waals surface area contributed by atoms with Crippen LogP contribution >= 0.6 is 0 Å². The lowest BCUT2D eigenvalue weighted by molar-refractivity contribution is 0.0990. The molecule has 0 saturated carbocycles. The average molecular weight is 266 g/mol. The summed E-state index contributed by atoms with van der Waals surface area (Å²) in [5, 5.41) is 4.22. The van der Waals surface area contributed by atoms with Crippen LogP contribution in [0.5, 0.6) is 0 Å². The summed E-state index contributed by atoms with van der Waals surface area (Å²) in [7, 11) is 0. The zero-order chi connectivity index (χ0) is 14.3. The van der Waals surface area contributed by atoms with E-state index in [0.717, 1.165) is 17.8 Å². The Balaban J connectivity index is 2.08. The molecule has 1 aromatic heterocycles. The number of rotatable bonds is 2. The minimum Gasteiger partial charge on any atom is -0.288 e. The Labute approximate surface area is 116 Å². The number of allylic oxidation sites excluding steroid dienone is 1. The van der Waals surface area contributed by atoms with Crippen molar-refractivity contribution in [2.24, 2.45) is 0 Å². The Kier molecular flexibility index (Phi) is 2.86. The molecule has 4 nitrogen and oxygen atoms in total. The Hall–Kier alpha value is -2.49. The van der Waals surface area contributed by atoms with E-state index in [2.05, 4.69) is 5.10 Å². The van der Waals surface area contributed by atoms with Crippen LogP contribution in [0.4, 0.5) is 0 Å². The van der Waals surface area contributed by atoms with Crippen molar-refractivity contribution in [1.29, 1.82) is 0 Å². The van der Waals surface area contributed by atoms with Gasteiger partial charge in [0, 0.05) is 28.9 Å². The minimum atomic E-state index is -0.200. The lowest BCUT2D eigenvalue weighted by atomic mass is 10.1. The van der Waals surface area contributed by atoms with Crippen molar-refractivity contribution < 1.29 is 9.59 Å². The summed E-state index contributed by atoms with van der Waals surface area (Å²) in [6.45, 7) is 4.69. The Morgan fingerprint density at radius 1 is 1.15 bits per heavy atom. The fraction of sp³-hybridized carbons (Fsp3) is 0.188. The molecule has 1 aromatic carbocycles. The highest BCUT2D eigenvalue weighted by atomic mass is 16.2. The lowest BCUT2D eigenvalue weighted by Gasteiger charge is -1.99. The van der Waals surface area contributed by atoms with Gasteiger partial charge in [0.2, 0.25) is 0 Å². The molecule has 0 saturated heterocycles. The third-order valence-electron chi connectivity index (χ3n) is 3.65. The maximum atomic E-state index is 12.3. The van der Waals surface area contributed by atoms with Gasteiger partial charge >= 0.3 is 0 Å². The van der Waals surface area contributed by atoms with E-state index in [1.54, 1.807) is 36.5 Å². The van der Waals surface area contributed by atoms with Crippen LogP contribution in [0.25, 0.3) is 6.08 Å². The van der Waals surface area contributed by atoms with Crippen LogP contribution in [0.15, 0.2) is 36.0 Å². The highest BCUT2D eigenvalue weighted by molar-refractivity contribution is 6.41. The first-order valence-electron chi connectivity index (χ1n) is 6.56. The molecule has 0 fully saturated rings. The van der Waals surface area contributed by atoms with Crippen LogP contribution in [0.1, 0.15) is 38.9 Å². The van der Waals surface area contributed by atoms with Gasteiger partial charge in [-0.2, -0.15) is 5.10 Å². The zero-order valence-electron chi connectivity index (χ0n) is 11.4. The molecule has 4 heteroatoms. The van der Waals surface area contributed by atoms with Crippen molar-refractivity contribution in [3.63, 3.8) is 0 Å². The first-order valence-corrected chi connectivity index (χ1v) is 6.56. The normalized spacial score (nSPS) is 13.8. The predicted molar refractivity (Wildman–Crippen MR) is 75.7 cm³/mol. The maximum absolute atomic E-state index is 12.3. The van der Waals surface area contributed by atoms with Gasteiger partial charge in [0.25, 0.3) is 0 Å². The molecule has 0 atom stereocenters. The van der Waals surface area contributed by atoms with Crippen LogP contribution in [0, 0.1) is 6.92 Å². The molecule has 0 amide bonds. The largest absolute Gasteiger partial charge is 0.288 e. The molecule has 0 unspecified atom stereocenters. The van der Waals surface area contributed by atoms with Gasteiger partial charge < -0.3 is 0 Å². The Bertz CT molecular complexity index is 717. The highest BCUT2D eigenvalue weighted by Gasteiger charge is 2.32. The molecule has 3 rings (SSSR count). The van der Waals surface area contributed by atoms with Crippen LogP contribution in [-0.4, -0.2) is 21.3 Å². The van der Waals surface area contributed by atoms with Gasteiger partial charge in [-0.15, -0.1) is 0 Å². The molecule has 1 heterocycles. The molecule has 20 heavy (non-hydrogen) atoms. The van der Waals surface area contributed by atoms with E-state index in [0.29, 0.717) is 11.1 Å². The monoisotopic (exact) mass is 266 g/mol. The molecule has 0 N–H and O–H groups in total. The Morgan fingerprint density at radius 2 is 1.75 bits per heavy atom. The van der Waals surface area contributed by atoms with E-state index < -0.39 is 0 Å². The van der Waals surface area contributed by atoms with E-state index in [4.69, 9.17) is 0 Å². The van der Waals surface area contributed by atoms with E-state index in [1.807, 2.05) is 18.5 Å². The second kappa shape index (κ2) is 4.56. The van der Waals surface area contributed by atoms with Crippen molar-refractivity contribution in [2.45, 2.75) is 20.4 Å². The number of aryl methyl sites for hydroxylation is 1. The summed E-state index contributed by atoms with van der Waals surface area (Å²) in [6.07, 6.45) is 3.34. The molecule has 0 spiro atoms.